The first-order valence-corrected chi connectivity index (χ1v) is 10.0. The molecule has 0 saturated carbocycles. The molecular formula is C23H18N7O2Re-. The summed E-state index contributed by atoms with van der Waals surface area (Å²) >= 11 is 0. The monoisotopic (exact) mass is 611 g/mol. The zero-order valence-corrected chi connectivity index (χ0v) is 20.1. The van der Waals surface area contributed by atoms with Crippen LogP contribution in [0.4, 0.5) is 5.82 Å². The second kappa shape index (κ2) is 9.37. The van der Waals surface area contributed by atoms with E-state index in [2.05, 4.69) is 15.0 Å². The maximum Gasteiger partial charge on any atom is 0.219 e. The van der Waals surface area contributed by atoms with Gasteiger partial charge in [-0.1, -0.05) is 18.2 Å². The first-order chi connectivity index (χ1) is 15.6. The molecule has 10 heteroatoms. The molecule has 1 aliphatic heterocycles. The Kier molecular flexibility index (Phi) is 6.36. The van der Waals surface area contributed by atoms with Crippen LogP contribution in [0.15, 0.2) is 55.0 Å². The van der Waals surface area contributed by atoms with Gasteiger partial charge in [0.2, 0.25) is 5.88 Å². The molecule has 4 heterocycles. The van der Waals surface area contributed by atoms with E-state index in [0.29, 0.717) is 53.7 Å². The van der Waals surface area contributed by atoms with E-state index in [0.717, 1.165) is 5.56 Å². The molecule has 1 saturated heterocycles. The number of para-hydroxylation sites is 1. The number of nitrogens with zero attached hydrogens (tertiary/aromatic N) is 6. The molecule has 3 aromatic heterocycles. The largest absolute Gasteiger partial charge is 0.439 e. The molecule has 33 heavy (non-hydrogen) atoms. The maximum atomic E-state index is 11.8. The summed E-state index contributed by atoms with van der Waals surface area (Å²) in [6.07, 6.45) is 10.9. The number of aromatic nitrogens is 5. The second-order valence-corrected chi connectivity index (χ2v) is 7.37. The molecule has 9 nitrogen and oxygen atoms in total. The second-order valence-electron chi connectivity index (χ2n) is 7.37. The fraction of sp³-hybridized carbons (Fsp3) is 0.174. The Morgan fingerprint density at radius 3 is 2.70 bits per heavy atom. The summed E-state index contributed by atoms with van der Waals surface area (Å²) in [5.41, 5.74) is 8.14. The number of fused-ring (bicyclic) bond motifs is 1. The topological polar surface area (TPSA) is 112 Å². The average Bonchev–Trinajstić information content (AvgIpc) is 3.46. The average molecular weight is 611 g/mol. The number of anilines is 1. The Morgan fingerprint density at radius 2 is 1.97 bits per heavy atom. The first kappa shape index (κ1) is 22.4. The van der Waals surface area contributed by atoms with E-state index in [1.54, 1.807) is 21.8 Å². The van der Waals surface area contributed by atoms with Crippen molar-refractivity contribution in [2.24, 2.45) is 0 Å². The first-order valence-electron chi connectivity index (χ1n) is 10.0. The number of likely N-dealkylation sites (tertiary alicyclic amines) is 1. The summed E-state index contributed by atoms with van der Waals surface area (Å²) in [6.45, 7) is 0.951. The Hall–Kier alpha value is -3.79. The van der Waals surface area contributed by atoms with Crippen molar-refractivity contribution in [2.45, 2.75) is 12.5 Å². The quantitative estimate of drug-likeness (QED) is 0.279. The van der Waals surface area contributed by atoms with Crippen LogP contribution in [-0.4, -0.2) is 48.6 Å². The van der Waals surface area contributed by atoms with Crippen molar-refractivity contribution >= 4 is 22.8 Å². The predicted molar refractivity (Wildman–Crippen MR) is 117 cm³/mol. The molecule has 0 aliphatic carbocycles. The van der Waals surface area contributed by atoms with Crippen molar-refractivity contribution in [3.05, 3.63) is 61.4 Å². The van der Waals surface area contributed by atoms with Gasteiger partial charge in [-0.3, -0.25) is 0 Å². The van der Waals surface area contributed by atoms with E-state index in [4.69, 9.17) is 22.0 Å². The van der Waals surface area contributed by atoms with Gasteiger partial charge in [0.25, 0.3) is 0 Å². The van der Waals surface area contributed by atoms with Gasteiger partial charge < -0.3 is 26.6 Å². The van der Waals surface area contributed by atoms with Crippen LogP contribution in [0.2, 0.25) is 0 Å². The van der Waals surface area contributed by atoms with E-state index in [1.165, 1.54) is 6.33 Å². The molecule has 1 aliphatic rings. The number of ether oxygens (including phenoxy) is 1. The third-order valence-corrected chi connectivity index (χ3v) is 5.40. The van der Waals surface area contributed by atoms with Gasteiger partial charge >= 0.3 is 0 Å². The molecule has 1 atom stereocenters. The van der Waals surface area contributed by atoms with Gasteiger partial charge in [-0.05, 0) is 24.6 Å². The molecule has 0 spiro atoms. The number of carbonyl (C=O) groups excluding carboxylic acids is 1. The standard InChI is InChI=1S/C23H18N7O2.Re/c1-2-19(31)29-11-10-16(13-29)30-23-20(22(24)26-14-27-23)21(28-30)15-8-9-18(25-12-15)32-17-6-4-3-5-7-17;/h3-9,12,14,16H,10-11,13H2,(H2,24,26,27);/q-1;/t16-;/m1./s1. The number of nitrogen functional groups attached to an aromatic ring is 1. The van der Waals surface area contributed by atoms with E-state index in [1.807, 2.05) is 42.3 Å². The van der Waals surface area contributed by atoms with Crippen LogP contribution >= 0.6 is 0 Å². The van der Waals surface area contributed by atoms with Crippen LogP contribution in [0, 0.1) is 12.3 Å². The van der Waals surface area contributed by atoms with Crippen LogP contribution in [0.25, 0.3) is 22.3 Å². The molecule has 0 bridgehead atoms. The molecular weight excluding hydrogens is 593 g/mol. The summed E-state index contributed by atoms with van der Waals surface area (Å²) in [6, 6.07) is 12.9. The fourth-order valence-corrected chi connectivity index (χ4v) is 3.85. The Bertz CT molecular complexity index is 1330. The molecule has 0 unspecified atom stereocenters. The van der Waals surface area contributed by atoms with Gasteiger partial charge in [-0.15, -0.1) is 0 Å². The fourth-order valence-electron chi connectivity index (χ4n) is 3.85. The van der Waals surface area contributed by atoms with Gasteiger partial charge in [0.05, 0.1) is 11.4 Å². The van der Waals surface area contributed by atoms with Crippen molar-refractivity contribution in [2.75, 3.05) is 18.8 Å². The number of hydrogen-bond acceptors (Lipinski definition) is 7. The van der Waals surface area contributed by atoms with Gasteiger partial charge in [0.1, 0.15) is 29.5 Å². The number of amides is 1. The molecule has 1 radical (unpaired) electrons. The maximum absolute atomic E-state index is 11.8. The van der Waals surface area contributed by atoms with Crippen LogP contribution in [-0.2, 0) is 25.2 Å². The van der Waals surface area contributed by atoms with Crippen molar-refractivity contribution in [1.29, 1.82) is 0 Å². The SMILES string of the molecule is [C-]#CC(=O)N1CC[C@@H](n2nc(-c3ccc(Oc4ccccc4)nc3)c3c(N)ncnc32)C1.[Re]. The molecule has 1 aromatic carbocycles. The van der Waals surface area contributed by atoms with Crippen LogP contribution in [0.5, 0.6) is 11.6 Å². The van der Waals surface area contributed by atoms with Crippen LogP contribution in [0.3, 0.4) is 0 Å². The van der Waals surface area contributed by atoms with Crippen LogP contribution < -0.4 is 10.5 Å². The predicted octanol–water partition coefficient (Wildman–Crippen LogP) is 2.62. The zero-order chi connectivity index (χ0) is 22.1. The van der Waals surface area contributed by atoms with Crippen LogP contribution in [0.1, 0.15) is 12.5 Å². The van der Waals surface area contributed by atoms with Crippen molar-refractivity contribution in [3.63, 3.8) is 0 Å². The molecule has 2 N–H and O–H groups in total. The molecule has 1 amide bonds. The van der Waals surface area contributed by atoms with Gasteiger partial charge in [-0.2, -0.15) is 5.10 Å². The van der Waals surface area contributed by atoms with Gasteiger partial charge in [-0.25, -0.2) is 25.6 Å². The van der Waals surface area contributed by atoms with E-state index < -0.39 is 5.91 Å². The summed E-state index contributed by atoms with van der Waals surface area (Å²) < 4.78 is 7.55. The van der Waals surface area contributed by atoms with Crippen molar-refractivity contribution in [1.82, 2.24) is 29.6 Å². The third kappa shape index (κ3) is 4.29. The Balaban J connectivity index is 0.00000259. The summed E-state index contributed by atoms with van der Waals surface area (Å²) in [5.74, 6) is 2.96. The van der Waals surface area contributed by atoms with Gasteiger partial charge in [0, 0.05) is 51.3 Å². The van der Waals surface area contributed by atoms with E-state index in [-0.39, 0.29) is 26.5 Å². The number of hydrogen-bond donors (Lipinski definition) is 1. The number of nitrogens with two attached hydrogens (primary N) is 1. The summed E-state index contributed by atoms with van der Waals surface area (Å²) in [7, 11) is 0. The Morgan fingerprint density at radius 1 is 1.15 bits per heavy atom. The Labute approximate surface area is 203 Å². The normalized spacial score (nSPS) is 15.1. The number of benzene rings is 1. The van der Waals surface area contributed by atoms with Crippen molar-refractivity contribution in [3.8, 4) is 28.8 Å². The number of rotatable bonds is 4. The minimum atomic E-state index is -0.434. The minimum absolute atomic E-state index is 0. The molecule has 1 fully saturated rings. The summed E-state index contributed by atoms with van der Waals surface area (Å²) in [5, 5.41) is 5.42. The molecule has 4 aromatic rings. The van der Waals surface area contributed by atoms with E-state index in [9.17, 15) is 4.79 Å². The van der Waals surface area contributed by atoms with Crippen molar-refractivity contribution < 1.29 is 30.0 Å². The van der Waals surface area contributed by atoms with Gasteiger partial charge in [0.15, 0.2) is 5.65 Å². The molecule has 165 valence electrons. The van der Waals surface area contributed by atoms with E-state index >= 15 is 0 Å². The zero-order valence-electron chi connectivity index (χ0n) is 17.3. The number of carbonyl (C=O) groups is 1. The number of pyridine rings is 1. The third-order valence-electron chi connectivity index (χ3n) is 5.40. The summed E-state index contributed by atoms with van der Waals surface area (Å²) in [4.78, 5) is 26.3. The molecule has 5 rings (SSSR count). The smallest absolute Gasteiger partial charge is 0.219 e. The minimum Gasteiger partial charge on any atom is -0.439 e.